The third kappa shape index (κ3) is 8.80. The molecule has 1 aliphatic heterocycles. The summed E-state index contributed by atoms with van der Waals surface area (Å²) in [4.78, 5) is 32.2. The van der Waals surface area contributed by atoms with E-state index < -0.39 is 5.60 Å². The van der Waals surface area contributed by atoms with Crippen molar-refractivity contribution >= 4 is 18.0 Å². The van der Waals surface area contributed by atoms with Crippen LogP contribution in [-0.2, 0) is 9.53 Å². The standard InChI is InChI=1S/C20H39N5O3/c1-7-11-25(19(27)28-20(2,3)4)14-10-23-18(22-6)24-12-8-16(9-13-24)15-17(26)21-5/h16H,7-15H2,1-6H3,(H,21,26)(H,22,23). The molecule has 0 atom stereocenters. The predicted molar refractivity (Wildman–Crippen MR) is 112 cm³/mol. The molecule has 8 nitrogen and oxygen atoms in total. The van der Waals surface area contributed by atoms with Gasteiger partial charge in [0.1, 0.15) is 5.60 Å². The van der Waals surface area contributed by atoms with Gasteiger partial charge in [-0.3, -0.25) is 9.79 Å². The fourth-order valence-electron chi connectivity index (χ4n) is 3.24. The number of aliphatic imine (C=N–C) groups is 1. The number of nitrogens with zero attached hydrogens (tertiary/aromatic N) is 3. The maximum atomic E-state index is 12.3. The van der Waals surface area contributed by atoms with Crippen molar-refractivity contribution < 1.29 is 14.3 Å². The van der Waals surface area contributed by atoms with Crippen LogP contribution in [-0.4, -0.2) is 80.2 Å². The van der Waals surface area contributed by atoms with Gasteiger partial charge in [0, 0.05) is 53.2 Å². The summed E-state index contributed by atoms with van der Waals surface area (Å²) in [7, 11) is 3.46. The van der Waals surface area contributed by atoms with Crippen LogP contribution >= 0.6 is 0 Å². The number of likely N-dealkylation sites (tertiary alicyclic amines) is 1. The highest BCUT2D eigenvalue weighted by Gasteiger charge is 2.24. The van der Waals surface area contributed by atoms with E-state index in [9.17, 15) is 9.59 Å². The maximum Gasteiger partial charge on any atom is 0.410 e. The van der Waals surface area contributed by atoms with Crippen LogP contribution in [0.5, 0.6) is 0 Å². The molecule has 28 heavy (non-hydrogen) atoms. The van der Waals surface area contributed by atoms with Gasteiger partial charge in [0.15, 0.2) is 5.96 Å². The van der Waals surface area contributed by atoms with Gasteiger partial charge in [-0.1, -0.05) is 6.92 Å². The molecule has 1 aliphatic rings. The second kappa shape index (κ2) is 11.8. The Hall–Kier alpha value is -1.99. The van der Waals surface area contributed by atoms with E-state index in [1.54, 1.807) is 19.0 Å². The Labute approximate surface area is 170 Å². The Morgan fingerprint density at radius 2 is 1.86 bits per heavy atom. The molecular weight excluding hydrogens is 358 g/mol. The number of carbonyl (C=O) groups is 2. The summed E-state index contributed by atoms with van der Waals surface area (Å²) in [5.74, 6) is 1.39. The van der Waals surface area contributed by atoms with E-state index in [1.807, 2.05) is 27.7 Å². The second-order valence-electron chi connectivity index (χ2n) is 8.25. The highest BCUT2D eigenvalue weighted by atomic mass is 16.6. The average molecular weight is 398 g/mol. The molecular formula is C20H39N5O3. The number of guanidine groups is 1. The minimum atomic E-state index is -0.494. The molecule has 0 aromatic rings. The van der Waals surface area contributed by atoms with Gasteiger partial charge in [-0.05, 0) is 46.0 Å². The monoisotopic (exact) mass is 397 g/mol. The number of carbonyl (C=O) groups excluding carboxylic acids is 2. The van der Waals surface area contributed by atoms with Crippen LogP contribution < -0.4 is 10.6 Å². The molecule has 0 spiro atoms. The zero-order valence-electron chi connectivity index (χ0n) is 18.5. The minimum absolute atomic E-state index is 0.110. The van der Waals surface area contributed by atoms with E-state index in [4.69, 9.17) is 4.74 Å². The molecule has 8 heteroatoms. The molecule has 0 aliphatic carbocycles. The number of ether oxygens (including phenoxy) is 1. The number of amides is 2. The lowest BCUT2D eigenvalue weighted by Gasteiger charge is -2.34. The molecule has 1 rings (SSSR count). The van der Waals surface area contributed by atoms with Crippen LogP contribution in [0.25, 0.3) is 0 Å². The van der Waals surface area contributed by atoms with Gasteiger partial charge in [-0.25, -0.2) is 4.79 Å². The van der Waals surface area contributed by atoms with Crippen molar-refractivity contribution in [1.29, 1.82) is 0 Å². The van der Waals surface area contributed by atoms with Crippen LogP contribution in [0.3, 0.4) is 0 Å². The Balaban J connectivity index is 2.46. The molecule has 0 bridgehead atoms. The van der Waals surface area contributed by atoms with Crippen molar-refractivity contribution in [1.82, 2.24) is 20.4 Å². The molecule has 0 aromatic carbocycles. The molecule has 0 aromatic heterocycles. The molecule has 2 N–H and O–H groups in total. The number of rotatable bonds is 7. The minimum Gasteiger partial charge on any atom is -0.444 e. The SMILES string of the molecule is CCCN(CCNC(=NC)N1CCC(CC(=O)NC)CC1)C(=O)OC(C)(C)C. The van der Waals surface area contributed by atoms with E-state index in [1.165, 1.54) is 0 Å². The van der Waals surface area contributed by atoms with Crippen molar-refractivity contribution in [3.8, 4) is 0 Å². The Morgan fingerprint density at radius 3 is 2.36 bits per heavy atom. The highest BCUT2D eigenvalue weighted by Crippen LogP contribution is 2.20. The van der Waals surface area contributed by atoms with Crippen molar-refractivity contribution in [3.05, 3.63) is 0 Å². The van der Waals surface area contributed by atoms with Gasteiger partial charge in [0.2, 0.25) is 5.91 Å². The Kier molecular flexibility index (Phi) is 10.1. The third-order valence-electron chi connectivity index (χ3n) is 4.69. The Bertz CT molecular complexity index is 522. The third-order valence-corrected chi connectivity index (χ3v) is 4.69. The molecule has 0 radical (unpaired) electrons. The van der Waals surface area contributed by atoms with Crippen molar-refractivity contribution in [2.45, 2.75) is 59.0 Å². The number of piperidine rings is 1. The summed E-state index contributed by atoms with van der Waals surface area (Å²) in [6.45, 7) is 11.3. The second-order valence-corrected chi connectivity index (χ2v) is 8.25. The molecule has 0 unspecified atom stereocenters. The van der Waals surface area contributed by atoms with Gasteiger partial charge < -0.3 is 25.2 Å². The first-order valence-corrected chi connectivity index (χ1v) is 10.3. The van der Waals surface area contributed by atoms with E-state index >= 15 is 0 Å². The molecule has 1 saturated heterocycles. The smallest absolute Gasteiger partial charge is 0.410 e. The average Bonchev–Trinajstić information content (AvgIpc) is 2.63. The predicted octanol–water partition coefficient (Wildman–Crippen LogP) is 2.06. The van der Waals surface area contributed by atoms with Crippen LogP contribution in [0, 0.1) is 5.92 Å². The largest absolute Gasteiger partial charge is 0.444 e. The summed E-state index contributed by atoms with van der Waals surface area (Å²) in [6, 6.07) is 0. The normalized spacial score (nSPS) is 15.9. The van der Waals surface area contributed by atoms with Gasteiger partial charge in [0.25, 0.3) is 0 Å². The van der Waals surface area contributed by atoms with Crippen LogP contribution in [0.15, 0.2) is 4.99 Å². The fraction of sp³-hybridized carbons (Fsp3) is 0.850. The quantitative estimate of drug-likeness (QED) is 0.507. The highest BCUT2D eigenvalue weighted by molar-refractivity contribution is 5.80. The number of hydrogen-bond acceptors (Lipinski definition) is 4. The molecule has 2 amide bonds. The molecule has 1 fully saturated rings. The molecule has 0 saturated carbocycles. The summed E-state index contributed by atoms with van der Waals surface area (Å²) in [5.41, 5.74) is -0.494. The van der Waals surface area contributed by atoms with E-state index in [0.717, 1.165) is 38.3 Å². The molecule has 162 valence electrons. The first-order valence-electron chi connectivity index (χ1n) is 10.3. The van der Waals surface area contributed by atoms with E-state index in [-0.39, 0.29) is 12.0 Å². The van der Waals surface area contributed by atoms with E-state index in [0.29, 0.717) is 32.0 Å². The van der Waals surface area contributed by atoms with Crippen molar-refractivity contribution in [3.63, 3.8) is 0 Å². The lowest BCUT2D eigenvalue weighted by molar-refractivity contribution is -0.121. The summed E-state index contributed by atoms with van der Waals surface area (Å²) < 4.78 is 5.49. The van der Waals surface area contributed by atoms with Gasteiger partial charge in [0.05, 0.1) is 0 Å². The van der Waals surface area contributed by atoms with Gasteiger partial charge >= 0.3 is 6.09 Å². The first kappa shape index (κ1) is 24.0. The fourth-order valence-corrected chi connectivity index (χ4v) is 3.24. The number of hydrogen-bond donors (Lipinski definition) is 2. The molecule has 1 heterocycles. The van der Waals surface area contributed by atoms with Crippen LogP contribution in [0.2, 0.25) is 0 Å². The van der Waals surface area contributed by atoms with Crippen molar-refractivity contribution in [2.24, 2.45) is 10.9 Å². The zero-order valence-corrected chi connectivity index (χ0v) is 18.5. The van der Waals surface area contributed by atoms with Crippen LogP contribution in [0.4, 0.5) is 4.79 Å². The maximum absolute atomic E-state index is 12.3. The van der Waals surface area contributed by atoms with E-state index in [2.05, 4.69) is 20.5 Å². The summed E-state index contributed by atoms with van der Waals surface area (Å²) in [5, 5.41) is 6.06. The summed E-state index contributed by atoms with van der Waals surface area (Å²) in [6.07, 6.45) is 3.16. The summed E-state index contributed by atoms with van der Waals surface area (Å²) >= 11 is 0. The topological polar surface area (TPSA) is 86.3 Å². The Morgan fingerprint density at radius 1 is 1.21 bits per heavy atom. The van der Waals surface area contributed by atoms with Gasteiger partial charge in [-0.15, -0.1) is 0 Å². The zero-order chi connectivity index (χ0) is 21.2. The number of nitrogens with one attached hydrogen (secondary N) is 2. The lowest BCUT2D eigenvalue weighted by atomic mass is 9.93. The van der Waals surface area contributed by atoms with Gasteiger partial charge in [-0.2, -0.15) is 0 Å². The van der Waals surface area contributed by atoms with Crippen molar-refractivity contribution in [2.75, 3.05) is 46.8 Å². The first-order chi connectivity index (χ1) is 13.2. The van der Waals surface area contributed by atoms with Crippen LogP contribution in [0.1, 0.15) is 53.4 Å². The lowest BCUT2D eigenvalue weighted by Crippen LogP contribution is -2.48.